The molecule has 0 aliphatic heterocycles. The van der Waals surface area contributed by atoms with Crippen molar-refractivity contribution >= 4 is 22.6 Å². The number of carboxylic acids is 1. The Morgan fingerprint density at radius 2 is 1.82 bits per heavy atom. The molecule has 2 aromatic rings. The SMILES string of the molecule is Cc1c(C(=O)O)ccc2ccc(C(N)=O)cc12. The number of aryl methyl sites for hydroxylation is 1. The zero-order valence-electron chi connectivity index (χ0n) is 9.23. The smallest absolute Gasteiger partial charge is 0.335 e. The molecule has 0 fully saturated rings. The molecule has 0 radical (unpaired) electrons. The predicted octanol–water partition coefficient (Wildman–Crippen LogP) is 1.95. The highest BCUT2D eigenvalue weighted by atomic mass is 16.4. The number of carbonyl (C=O) groups excluding carboxylic acids is 1. The van der Waals surface area contributed by atoms with Gasteiger partial charge in [-0.25, -0.2) is 4.79 Å². The first-order chi connectivity index (χ1) is 8.00. The van der Waals surface area contributed by atoms with Gasteiger partial charge in [-0.2, -0.15) is 0 Å². The van der Waals surface area contributed by atoms with E-state index in [1.54, 1.807) is 37.3 Å². The predicted molar refractivity (Wildman–Crippen MR) is 64.2 cm³/mol. The van der Waals surface area contributed by atoms with Gasteiger partial charge in [-0.1, -0.05) is 12.1 Å². The third-order valence-corrected chi connectivity index (χ3v) is 2.81. The number of rotatable bonds is 2. The van der Waals surface area contributed by atoms with E-state index in [9.17, 15) is 9.59 Å². The minimum Gasteiger partial charge on any atom is -0.478 e. The Kier molecular flexibility index (Phi) is 2.55. The fourth-order valence-electron chi connectivity index (χ4n) is 1.85. The summed E-state index contributed by atoms with van der Waals surface area (Å²) in [4.78, 5) is 22.1. The average Bonchev–Trinajstić information content (AvgIpc) is 2.28. The van der Waals surface area contributed by atoms with Crippen LogP contribution in [0.5, 0.6) is 0 Å². The van der Waals surface area contributed by atoms with Crippen LogP contribution in [-0.4, -0.2) is 17.0 Å². The van der Waals surface area contributed by atoms with Crippen LogP contribution in [-0.2, 0) is 0 Å². The van der Waals surface area contributed by atoms with Crippen LogP contribution in [0.25, 0.3) is 10.8 Å². The summed E-state index contributed by atoms with van der Waals surface area (Å²) in [5.41, 5.74) is 6.45. The third-order valence-electron chi connectivity index (χ3n) is 2.81. The Labute approximate surface area is 97.7 Å². The van der Waals surface area contributed by atoms with Crippen molar-refractivity contribution in [3.05, 3.63) is 47.0 Å². The van der Waals surface area contributed by atoms with E-state index in [0.29, 0.717) is 11.1 Å². The van der Waals surface area contributed by atoms with E-state index < -0.39 is 11.9 Å². The average molecular weight is 229 g/mol. The lowest BCUT2D eigenvalue weighted by molar-refractivity contribution is 0.0696. The summed E-state index contributed by atoms with van der Waals surface area (Å²) >= 11 is 0. The maximum absolute atomic E-state index is 11.1. The second-order valence-electron chi connectivity index (χ2n) is 3.84. The number of carboxylic acid groups (broad SMARTS) is 1. The second-order valence-corrected chi connectivity index (χ2v) is 3.84. The Bertz CT molecular complexity index is 627. The molecule has 0 aromatic heterocycles. The number of hydrogen-bond acceptors (Lipinski definition) is 2. The van der Waals surface area contributed by atoms with Gasteiger partial charge in [0.25, 0.3) is 0 Å². The molecule has 3 N–H and O–H groups in total. The largest absolute Gasteiger partial charge is 0.478 e. The van der Waals surface area contributed by atoms with E-state index >= 15 is 0 Å². The molecule has 0 unspecified atom stereocenters. The van der Waals surface area contributed by atoms with Crippen LogP contribution in [0.3, 0.4) is 0 Å². The van der Waals surface area contributed by atoms with Crippen molar-refractivity contribution < 1.29 is 14.7 Å². The number of primary amides is 1. The van der Waals surface area contributed by atoms with Crippen LogP contribution in [0.4, 0.5) is 0 Å². The molecule has 0 aliphatic carbocycles. The van der Waals surface area contributed by atoms with Gasteiger partial charge in [0.05, 0.1) is 5.56 Å². The van der Waals surface area contributed by atoms with Crippen LogP contribution in [0.2, 0.25) is 0 Å². The van der Waals surface area contributed by atoms with E-state index in [0.717, 1.165) is 10.8 Å². The highest BCUT2D eigenvalue weighted by Crippen LogP contribution is 2.23. The molecular formula is C13H11NO3. The molecule has 4 heteroatoms. The third kappa shape index (κ3) is 1.85. The maximum Gasteiger partial charge on any atom is 0.335 e. The number of benzene rings is 2. The lowest BCUT2D eigenvalue weighted by Crippen LogP contribution is -2.10. The molecule has 1 amide bonds. The number of nitrogens with two attached hydrogens (primary N) is 1. The highest BCUT2D eigenvalue weighted by Gasteiger charge is 2.11. The quantitative estimate of drug-likeness (QED) is 0.825. The maximum atomic E-state index is 11.1. The number of amides is 1. The molecule has 17 heavy (non-hydrogen) atoms. The topological polar surface area (TPSA) is 80.4 Å². The molecular weight excluding hydrogens is 218 g/mol. The summed E-state index contributed by atoms with van der Waals surface area (Å²) in [5, 5.41) is 10.6. The summed E-state index contributed by atoms with van der Waals surface area (Å²) in [6.45, 7) is 1.72. The fourth-order valence-corrected chi connectivity index (χ4v) is 1.85. The van der Waals surface area contributed by atoms with Gasteiger partial charge in [-0.05, 0) is 41.5 Å². The summed E-state index contributed by atoms with van der Waals surface area (Å²) in [6, 6.07) is 8.29. The van der Waals surface area contributed by atoms with E-state index in [1.165, 1.54) is 0 Å². The van der Waals surface area contributed by atoms with E-state index in [-0.39, 0.29) is 5.56 Å². The van der Waals surface area contributed by atoms with Gasteiger partial charge in [0, 0.05) is 5.56 Å². The fraction of sp³-hybridized carbons (Fsp3) is 0.0769. The van der Waals surface area contributed by atoms with Crippen LogP contribution in [0.15, 0.2) is 30.3 Å². The Morgan fingerprint density at radius 3 is 2.41 bits per heavy atom. The van der Waals surface area contributed by atoms with Gasteiger partial charge < -0.3 is 10.8 Å². The number of carbonyl (C=O) groups is 2. The monoisotopic (exact) mass is 229 g/mol. The van der Waals surface area contributed by atoms with Crippen molar-refractivity contribution in [2.45, 2.75) is 6.92 Å². The van der Waals surface area contributed by atoms with Gasteiger partial charge in [-0.15, -0.1) is 0 Å². The van der Waals surface area contributed by atoms with E-state index in [2.05, 4.69) is 0 Å². The lowest BCUT2D eigenvalue weighted by Gasteiger charge is -2.07. The summed E-state index contributed by atoms with van der Waals surface area (Å²) in [5.74, 6) is -1.50. The van der Waals surface area contributed by atoms with Gasteiger partial charge >= 0.3 is 5.97 Å². The molecule has 2 rings (SSSR count). The molecule has 0 bridgehead atoms. The molecule has 0 atom stereocenters. The Hall–Kier alpha value is -2.36. The second kappa shape index (κ2) is 3.90. The Balaban J connectivity index is 2.78. The summed E-state index contributed by atoms with van der Waals surface area (Å²) in [6.07, 6.45) is 0. The van der Waals surface area contributed by atoms with Gasteiger partial charge in [0.1, 0.15) is 0 Å². The number of hydrogen-bond donors (Lipinski definition) is 2. The van der Waals surface area contributed by atoms with Crippen molar-refractivity contribution in [1.29, 1.82) is 0 Å². The van der Waals surface area contributed by atoms with Gasteiger partial charge in [0.2, 0.25) is 5.91 Å². The zero-order chi connectivity index (χ0) is 12.6. The molecule has 2 aromatic carbocycles. The van der Waals surface area contributed by atoms with E-state index in [1.807, 2.05) is 0 Å². The normalized spacial score (nSPS) is 10.4. The van der Waals surface area contributed by atoms with Crippen molar-refractivity contribution in [3.63, 3.8) is 0 Å². The van der Waals surface area contributed by atoms with Crippen molar-refractivity contribution in [3.8, 4) is 0 Å². The van der Waals surface area contributed by atoms with E-state index in [4.69, 9.17) is 10.8 Å². The van der Waals surface area contributed by atoms with Gasteiger partial charge in [-0.3, -0.25) is 4.79 Å². The van der Waals surface area contributed by atoms with Crippen molar-refractivity contribution in [1.82, 2.24) is 0 Å². The molecule has 0 saturated heterocycles. The molecule has 86 valence electrons. The standard InChI is InChI=1S/C13H11NO3/c1-7-10(13(16)17)5-4-8-2-3-9(12(14)15)6-11(7)8/h2-6H,1H3,(H2,14,15)(H,16,17). The van der Waals surface area contributed by atoms with Crippen molar-refractivity contribution in [2.24, 2.45) is 5.73 Å². The molecule has 0 heterocycles. The minimum atomic E-state index is -0.978. The number of aromatic carboxylic acids is 1. The van der Waals surface area contributed by atoms with Gasteiger partial charge in [0.15, 0.2) is 0 Å². The summed E-state index contributed by atoms with van der Waals surface area (Å²) in [7, 11) is 0. The number of fused-ring (bicyclic) bond motifs is 1. The highest BCUT2D eigenvalue weighted by molar-refractivity contribution is 6.01. The van der Waals surface area contributed by atoms with Crippen LogP contribution < -0.4 is 5.73 Å². The van der Waals surface area contributed by atoms with Crippen LogP contribution in [0.1, 0.15) is 26.3 Å². The first-order valence-electron chi connectivity index (χ1n) is 5.07. The minimum absolute atomic E-state index is 0.235. The molecule has 4 nitrogen and oxygen atoms in total. The molecule has 0 spiro atoms. The lowest BCUT2D eigenvalue weighted by atomic mass is 9.98. The molecule has 0 aliphatic rings. The Morgan fingerprint density at radius 1 is 1.18 bits per heavy atom. The van der Waals surface area contributed by atoms with Crippen LogP contribution >= 0.6 is 0 Å². The van der Waals surface area contributed by atoms with Crippen molar-refractivity contribution in [2.75, 3.05) is 0 Å². The molecule has 0 saturated carbocycles. The van der Waals surface area contributed by atoms with Crippen LogP contribution in [0, 0.1) is 6.92 Å². The zero-order valence-corrected chi connectivity index (χ0v) is 9.23. The summed E-state index contributed by atoms with van der Waals surface area (Å²) < 4.78 is 0. The first-order valence-corrected chi connectivity index (χ1v) is 5.07. The first kappa shape index (κ1) is 11.1.